The van der Waals surface area contributed by atoms with Crippen LogP contribution in [0.25, 0.3) is 0 Å². The lowest BCUT2D eigenvalue weighted by Gasteiger charge is -2.22. The maximum absolute atomic E-state index is 9.44. The standard InChI is InChI=1S/C14H20O5/c1-16-10-6-11(17-2)13(12(7-10)18-3)14-9(8-15)4-5-19-14/h6-7,9,14-15H,4-5,8H2,1-3H3. The zero-order valence-corrected chi connectivity index (χ0v) is 11.5. The van der Waals surface area contributed by atoms with Gasteiger partial charge in [-0.25, -0.2) is 0 Å². The first-order valence-electron chi connectivity index (χ1n) is 6.27. The summed E-state index contributed by atoms with van der Waals surface area (Å²) >= 11 is 0. The van der Waals surface area contributed by atoms with Gasteiger partial charge < -0.3 is 24.1 Å². The molecule has 1 aromatic carbocycles. The van der Waals surface area contributed by atoms with Crippen LogP contribution < -0.4 is 14.2 Å². The molecule has 0 bridgehead atoms. The van der Waals surface area contributed by atoms with Crippen molar-refractivity contribution in [2.45, 2.75) is 12.5 Å². The minimum Gasteiger partial charge on any atom is -0.496 e. The van der Waals surface area contributed by atoms with Gasteiger partial charge in [0.1, 0.15) is 17.2 Å². The van der Waals surface area contributed by atoms with Gasteiger partial charge in [-0.3, -0.25) is 0 Å². The van der Waals surface area contributed by atoms with Crippen molar-refractivity contribution in [2.24, 2.45) is 5.92 Å². The van der Waals surface area contributed by atoms with Crippen LogP contribution >= 0.6 is 0 Å². The molecule has 1 aliphatic rings. The number of benzene rings is 1. The molecular weight excluding hydrogens is 248 g/mol. The number of hydrogen-bond donors (Lipinski definition) is 1. The lowest BCUT2D eigenvalue weighted by atomic mass is 9.94. The molecule has 19 heavy (non-hydrogen) atoms. The van der Waals surface area contributed by atoms with Crippen LogP contribution in [0.2, 0.25) is 0 Å². The fraction of sp³-hybridized carbons (Fsp3) is 0.571. The third kappa shape index (κ3) is 2.62. The summed E-state index contributed by atoms with van der Waals surface area (Å²) in [5.41, 5.74) is 0.836. The predicted molar refractivity (Wildman–Crippen MR) is 70.0 cm³/mol. The van der Waals surface area contributed by atoms with Crippen LogP contribution in [0.15, 0.2) is 12.1 Å². The molecule has 0 aliphatic carbocycles. The van der Waals surface area contributed by atoms with Crippen molar-refractivity contribution >= 4 is 0 Å². The van der Waals surface area contributed by atoms with Crippen LogP contribution in [0.1, 0.15) is 18.1 Å². The van der Waals surface area contributed by atoms with Crippen LogP contribution in [0, 0.1) is 5.92 Å². The summed E-state index contributed by atoms with van der Waals surface area (Å²) in [6.07, 6.45) is 0.625. The Labute approximate surface area is 113 Å². The maximum Gasteiger partial charge on any atom is 0.132 e. The van der Waals surface area contributed by atoms with Gasteiger partial charge in [0.15, 0.2) is 0 Å². The summed E-state index contributed by atoms with van der Waals surface area (Å²) in [5, 5.41) is 9.44. The molecule has 0 radical (unpaired) electrons. The first-order chi connectivity index (χ1) is 9.24. The topological polar surface area (TPSA) is 57.2 Å². The van der Waals surface area contributed by atoms with Crippen LogP contribution in [0.3, 0.4) is 0 Å². The van der Waals surface area contributed by atoms with Crippen molar-refractivity contribution in [3.63, 3.8) is 0 Å². The van der Waals surface area contributed by atoms with Crippen molar-refractivity contribution < 1.29 is 24.1 Å². The Hall–Kier alpha value is -1.46. The van der Waals surface area contributed by atoms with E-state index in [0.717, 1.165) is 12.0 Å². The zero-order valence-electron chi connectivity index (χ0n) is 11.5. The van der Waals surface area contributed by atoms with Crippen molar-refractivity contribution in [1.29, 1.82) is 0 Å². The van der Waals surface area contributed by atoms with E-state index in [-0.39, 0.29) is 18.6 Å². The van der Waals surface area contributed by atoms with Crippen molar-refractivity contribution in [1.82, 2.24) is 0 Å². The monoisotopic (exact) mass is 268 g/mol. The van der Waals surface area contributed by atoms with Gasteiger partial charge in [-0.15, -0.1) is 0 Å². The molecule has 1 N–H and O–H groups in total. The van der Waals surface area contributed by atoms with Gasteiger partial charge in [-0.2, -0.15) is 0 Å². The van der Waals surface area contributed by atoms with Gasteiger partial charge in [0.2, 0.25) is 0 Å². The number of aliphatic hydroxyl groups is 1. The molecular formula is C14H20O5. The molecule has 1 saturated heterocycles. The molecule has 2 atom stereocenters. The molecule has 1 aromatic rings. The highest BCUT2D eigenvalue weighted by Crippen LogP contribution is 2.45. The van der Waals surface area contributed by atoms with E-state index in [2.05, 4.69) is 0 Å². The first kappa shape index (κ1) is 14.0. The highest BCUT2D eigenvalue weighted by Gasteiger charge is 2.34. The third-order valence-corrected chi connectivity index (χ3v) is 3.49. The summed E-state index contributed by atoms with van der Waals surface area (Å²) < 4.78 is 21.8. The van der Waals surface area contributed by atoms with E-state index in [1.165, 1.54) is 0 Å². The Morgan fingerprint density at radius 2 is 1.79 bits per heavy atom. The van der Waals surface area contributed by atoms with Crippen LogP contribution in [0.4, 0.5) is 0 Å². The van der Waals surface area contributed by atoms with Gasteiger partial charge in [-0.1, -0.05) is 0 Å². The highest BCUT2D eigenvalue weighted by molar-refractivity contribution is 5.52. The lowest BCUT2D eigenvalue weighted by Crippen LogP contribution is -2.14. The fourth-order valence-corrected chi connectivity index (χ4v) is 2.45. The van der Waals surface area contributed by atoms with E-state index >= 15 is 0 Å². The number of ether oxygens (including phenoxy) is 4. The molecule has 5 heteroatoms. The second kappa shape index (κ2) is 6.12. The van der Waals surface area contributed by atoms with E-state index in [1.54, 1.807) is 33.5 Å². The molecule has 1 aliphatic heterocycles. The molecule has 2 unspecified atom stereocenters. The molecule has 2 rings (SSSR count). The van der Waals surface area contributed by atoms with E-state index in [4.69, 9.17) is 18.9 Å². The summed E-state index contributed by atoms with van der Waals surface area (Å²) in [7, 11) is 4.79. The SMILES string of the molecule is COc1cc(OC)c(C2OCCC2CO)c(OC)c1. The number of hydrogen-bond acceptors (Lipinski definition) is 5. The number of rotatable bonds is 5. The van der Waals surface area contributed by atoms with Crippen LogP contribution in [-0.4, -0.2) is 39.6 Å². The minimum atomic E-state index is -0.208. The largest absolute Gasteiger partial charge is 0.496 e. The molecule has 0 amide bonds. The molecule has 0 spiro atoms. The number of methoxy groups -OCH3 is 3. The highest BCUT2D eigenvalue weighted by atomic mass is 16.5. The molecule has 0 saturated carbocycles. The van der Waals surface area contributed by atoms with Gasteiger partial charge in [-0.05, 0) is 6.42 Å². The maximum atomic E-state index is 9.44. The molecule has 1 fully saturated rings. The lowest BCUT2D eigenvalue weighted by molar-refractivity contribution is 0.0680. The average Bonchev–Trinajstić information content (AvgIpc) is 2.93. The quantitative estimate of drug-likeness (QED) is 0.882. The van der Waals surface area contributed by atoms with Gasteiger partial charge in [0.05, 0.1) is 33.0 Å². The smallest absolute Gasteiger partial charge is 0.132 e. The Balaban J connectivity index is 2.47. The predicted octanol–water partition coefficient (Wildman–Crippen LogP) is 1.78. The van der Waals surface area contributed by atoms with Crippen molar-refractivity contribution in [2.75, 3.05) is 34.5 Å². The first-order valence-corrected chi connectivity index (χ1v) is 6.27. The Morgan fingerprint density at radius 1 is 1.16 bits per heavy atom. The molecule has 106 valence electrons. The molecule has 5 nitrogen and oxygen atoms in total. The summed E-state index contributed by atoms with van der Waals surface area (Å²) in [5.74, 6) is 2.04. The summed E-state index contributed by atoms with van der Waals surface area (Å²) in [6.45, 7) is 0.719. The fourth-order valence-electron chi connectivity index (χ4n) is 2.45. The summed E-state index contributed by atoms with van der Waals surface area (Å²) in [4.78, 5) is 0. The number of aliphatic hydroxyl groups excluding tert-OH is 1. The van der Waals surface area contributed by atoms with Crippen LogP contribution in [-0.2, 0) is 4.74 Å². The Morgan fingerprint density at radius 3 is 2.26 bits per heavy atom. The van der Waals surface area contributed by atoms with E-state index in [0.29, 0.717) is 23.9 Å². The van der Waals surface area contributed by atoms with Gasteiger partial charge >= 0.3 is 0 Å². The molecule has 0 aromatic heterocycles. The second-order valence-corrected chi connectivity index (χ2v) is 4.47. The summed E-state index contributed by atoms with van der Waals surface area (Å²) in [6, 6.07) is 3.60. The zero-order chi connectivity index (χ0) is 13.8. The third-order valence-electron chi connectivity index (χ3n) is 3.49. The van der Waals surface area contributed by atoms with E-state index < -0.39 is 0 Å². The van der Waals surface area contributed by atoms with Gasteiger partial charge in [0.25, 0.3) is 0 Å². The van der Waals surface area contributed by atoms with Crippen molar-refractivity contribution in [3.8, 4) is 17.2 Å². The van der Waals surface area contributed by atoms with Gasteiger partial charge in [0, 0.05) is 31.3 Å². The minimum absolute atomic E-state index is 0.0659. The second-order valence-electron chi connectivity index (χ2n) is 4.47. The molecule has 1 heterocycles. The van der Waals surface area contributed by atoms with Crippen LogP contribution in [0.5, 0.6) is 17.2 Å². The van der Waals surface area contributed by atoms with Crippen molar-refractivity contribution in [3.05, 3.63) is 17.7 Å². The van der Waals surface area contributed by atoms with E-state index in [1.807, 2.05) is 0 Å². The normalized spacial score (nSPS) is 22.3. The Bertz CT molecular complexity index is 407. The Kier molecular flexibility index (Phi) is 4.50. The van der Waals surface area contributed by atoms with E-state index in [9.17, 15) is 5.11 Å². The average molecular weight is 268 g/mol.